The number of nitrogens with one attached hydrogen (secondary N) is 3. The number of aromatic amines is 1. The molecule has 6 heterocycles. The van der Waals surface area contributed by atoms with Crippen LogP contribution in [0.25, 0.3) is 10.9 Å². The number of hydrogen-bond donors (Lipinski definition) is 3. The average Bonchev–Trinajstić information content (AvgIpc) is 3.85. The van der Waals surface area contributed by atoms with E-state index in [2.05, 4.69) is 60.3 Å². The number of nitrogens with zero attached hydrogens (tertiary/aromatic N) is 5. The van der Waals surface area contributed by atoms with Crippen molar-refractivity contribution in [1.82, 2.24) is 30.0 Å². The molecule has 2 atom stereocenters. The number of fused-ring (bicyclic) bond motifs is 2. The number of H-pyrrole nitrogens is 1. The topological polar surface area (TPSA) is 134 Å². The van der Waals surface area contributed by atoms with Gasteiger partial charge < -0.3 is 20.1 Å². The quantitative estimate of drug-likeness (QED) is 0.205. The number of anilines is 2. The summed E-state index contributed by atoms with van der Waals surface area (Å²) >= 11 is 0. The Labute approximate surface area is 300 Å². The minimum absolute atomic E-state index is 0.0476. The number of amides is 4. The number of benzene rings is 2. The van der Waals surface area contributed by atoms with E-state index in [-0.39, 0.29) is 30.3 Å². The van der Waals surface area contributed by atoms with Crippen molar-refractivity contribution in [3.8, 4) is 11.8 Å². The predicted octanol–water partition coefficient (Wildman–Crippen LogP) is 3.66. The maximum atomic E-state index is 15.3. The van der Waals surface area contributed by atoms with Crippen LogP contribution in [0.5, 0.6) is 0 Å². The lowest BCUT2D eigenvalue weighted by molar-refractivity contribution is -0.136. The van der Waals surface area contributed by atoms with Crippen LogP contribution in [0.2, 0.25) is 0 Å². The van der Waals surface area contributed by atoms with E-state index >= 15 is 4.39 Å². The highest BCUT2D eigenvalue weighted by molar-refractivity contribution is 6.06. The van der Waals surface area contributed by atoms with Crippen LogP contribution in [0.3, 0.4) is 0 Å². The number of piperidine rings is 1. The van der Waals surface area contributed by atoms with E-state index in [0.717, 1.165) is 60.2 Å². The summed E-state index contributed by atoms with van der Waals surface area (Å²) in [7, 11) is 2.12. The summed E-state index contributed by atoms with van der Waals surface area (Å²) in [6.45, 7) is 4.65. The van der Waals surface area contributed by atoms with E-state index < -0.39 is 23.7 Å². The molecule has 12 nitrogen and oxygen atoms in total. The van der Waals surface area contributed by atoms with E-state index in [0.29, 0.717) is 49.2 Å². The highest BCUT2D eigenvalue weighted by Crippen LogP contribution is 2.33. The molecule has 3 N–H and O–H groups in total. The van der Waals surface area contributed by atoms with Gasteiger partial charge in [-0.2, -0.15) is 0 Å². The van der Waals surface area contributed by atoms with Gasteiger partial charge in [0.25, 0.3) is 11.8 Å². The second-order valence-corrected chi connectivity index (χ2v) is 13.9. The monoisotopic (exact) mass is 702 g/mol. The Morgan fingerprint density at radius 3 is 2.63 bits per heavy atom. The van der Waals surface area contributed by atoms with Gasteiger partial charge in [-0.3, -0.25) is 34.3 Å². The summed E-state index contributed by atoms with van der Waals surface area (Å²) in [5.74, 6) is 4.70. The highest BCUT2D eigenvalue weighted by atomic mass is 19.1. The molecule has 3 saturated heterocycles. The molecule has 2 aromatic carbocycles. The van der Waals surface area contributed by atoms with E-state index in [1.165, 1.54) is 17.0 Å². The zero-order chi connectivity index (χ0) is 35.9. The zero-order valence-electron chi connectivity index (χ0n) is 28.9. The van der Waals surface area contributed by atoms with Gasteiger partial charge in [-0.25, -0.2) is 9.37 Å². The van der Waals surface area contributed by atoms with Crippen molar-refractivity contribution in [2.45, 2.75) is 44.3 Å². The summed E-state index contributed by atoms with van der Waals surface area (Å²) in [6, 6.07) is 13.7. The van der Waals surface area contributed by atoms with Gasteiger partial charge in [0.1, 0.15) is 17.7 Å². The maximum absolute atomic E-state index is 15.3. The standard InChI is InChI=1S/C39H39FN8O4/c1-45-13-4-8-33(45)32-19-25-22-41-35(21-31(25)42-32)43-37(50)28-10-9-26(20-30(28)40)47-17-15-46(16-18-47)14-3-6-24-5-2-7-27-29(24)23-48(39(27)52)34-11-12-36(49)44-38(34)51/h2,5,7,9-10,19-22,33-34,42H,4,8,11-18,23H2,1H3,(H,41,43,50)(H,44,49,51)/t33-,34?/m1/s1. The predicted molar refractivity (Wildman–Crippen MR) is 193 cm³/mol. The van der Waals surface area contributed by atoms with Crippen molar-refractivity contribution in [2.24, 2.45) is 0 Å². The van der Waals surface area contributed by atoms with E-state index in [9.17, 15) is 19.2 Å². The number of halogens is 1. The summed E-state index contributed by atoms with van der Waals surface area (Å²) < 4.78 is 15.3. The molecule has 4 amide bonds. The first-order valence-electron chi connectivity index (χ1n) is 17.7. The van der Waals surface area contributed by atoms with Crippen LogP contribution in [0.4, 0.5) is 15.9 Å². The number of rotatable bonds is 6. The van der Waals surface area contributed by atoms with Crippen molar-refractivity contribution < 1.29 is 23.6 Å². The number of imide groups is 1. The van der Waals surface area contributed by atoms with Gasteiger partial charge in [-0.05, 0) is 74.8 Å². The van der Waals surface area contributed by atoms with Crippen LogP contribution in [-0.4, -0.2) is 101 Å². The second-order valence-electron chi connectivity index (χ2n) is 13.9. The molecule has 3 fully saturated rings. The molecule has 8 rings (SSSR count). The number of carbonyl (C=O) groups excluding carboxylic acids is 4. The van der Waals surface area contributed by atoms with Crippen LogP contribution in [0.1, 0.15) is 69.3 Å². The fraction of sp³-hybridized carbons (Fsp3) is 0.359. The molecule has 0 bridgehead atoms. The van der Waals surface area contributed by atoms with Crippen LogP contribution in [-0.2, 0) is 16.1 Å². The summed E-state index contributed by atoms with van der Waals surface area (Å²) in [5.41, 5.74) is 4.76. The zero-order valence-corrected chi connectivity index (χ0v) is 28.9. The second kappa shape index (κ2) is 13.9. The number of likely N-dealkylation sites (tertiary alicyclic amines) is 1. The fourth-order valence-corrected chi connectivity index (χ4v) is 7.78. The third kappa shape index (κ3) is 6.51. The highest BCUT2D eigenvalue weighted by Gasteiger charge is 2.39. The third-order valence-corrected chi connectivity index (χ3v) is 10.7. The summed E-state index contributed by atoms with van der Waals surface area (Å²) in [4.78, 5) is 66.2. The number of pyridine rings is 1. The number of hydrogen-bond acceptors (Lipinski definition) is 8. The Balaban J connectivity index is 0.854. The molecule has 0 spiro atoms. The van der Waals surface area contributed by atoms with E-state index in [4.69, 9.17) is 0 Å². The van der Waals surface area contributed by atoms with Crippen molar-refractivity contribution in [1.29, 1.82) is 0 Å². The number of piperazine rings is 1. The van der Waals surface area contributed by atoms with Crippen LogP contribution in [0.15, 0.2) is 54.7 Å². The molecule has 0 saturated carbocycles. The Morgan fingerprint density at radius 1 is 1.02 bits per heavy atom. The van der Waals surface area contributed by atoms with Gasteiger partial charge in [0.2, 0.25) is 11.8 Å². The first-order valence-corrected chi connectivity index (χ1v) is 17.7. The molecule has 4 aromatic rings. The first kappa shape index (κ1) is 33.6. The minimum atomic E-state index is -0.669. The van der Waals surface area contributed by atoms with E-state index in [1.807, 2.05) is 6.07 Å². The Kier molecular flexibility index (Phi) is 8.94. The first-order chi connectivity index (χ1) is 25.2. The fourth-order valence-electron chi connectivity index (χ4n) is 7.78. The SMILES string of the molecule is CN1CCC[C@@H]1c1cc2cnc(NC(=O)c3ccc(N4CCN(CC#Cc5cccc6c5CN(C5CCC(=O)NC5=O)C6=O)CC4)cc3F)cc2[nH]1. The van der Waals surface area contributed by atoms with Gasteiger partial charge in [0.05, 0.1) is 17.6 Å². The van der Waals surface area contributed by atoms with E-state index in [1.54, 1.807) is 30.5 Å². The molecule has 0 aliphatic carbocycles. The van der Waals surface area contributed by atoms with Crippen LogP contribution >= 0.6 is 0 Å². The van der Waals surface area contributed by atoms with Crippen molar-refractivity contribution in [2.75, 3.05) is 56.5 Å². The molecule has 0 radical (unpaired) electrons. The van der Waals surface area contributed by atoms with Crippen LogP contribution < -0.4 is 15.5 Å². The average molecular weight is 703 g/mol. The van der Waals surface area contributed by atoms with Gasteiger partial charge >= 0.3 is 0 Å². The van der Waals surface area contributed by atoms with Gasteiger partial charge in [0.15, 0.2) is 0 Å². The smallest absolute Gasteiger partial charge is 0.259 e. The third-order valence-electron chi connectivity index (χ3n) is 10.7. The van der Waals surface area contributed by atoms with Gasteiger partial charge in [-0.15, -0.1) is 0 Å². The van der Waals surface area contributed by atoms with Crippen molar-refractivity contribution in [3.63, 3.8) is 0 Å². The van der Waals surface area contributed by atoms with Crippen molar-refractivity contribution in [3.05, 3.63) is 88.5 Å². The molecular formula is C39H39FN8O4. The molecule has 13 heteroatoms. The lowest BCUT2D eigenvalue weighted by atomic mass is 10.0. The molecule has 2 aromatic heterocycles. The van der Waals surface area contributed by atoms with Crippen molar-refractivity contribution >= 4 is 46.0 Å². The number of carbonyl (C=O) groups is 4. The molecule has 1 unspecified atom stereocenters. The summed E-state index contributed by atoms with van der Waals surface area (Å²) in [5, 5.41) is 6.05. The van der Waals surface area contributed by atoms with Crippen LogP contribution in [0, 0.1) is 17.7 Å². The molecule has 52 heavy (non-hydrogen) atoms. The normalized spacial score (nSPS) is 20.9. The number of aromatic nitrogens is 2. The lowest BCUT2D eigenvalue weighted by Crippen LogP contribution is -2.52. The Hall–Kier alpha value is -5.58. The maximum Gasteiger partial charge on any atom is 0.259 e. The lowest BCUT2D eigenvalue weighted by Gasteiger charge is -2.35. The molecular weight excluding hydrogens is 663 g/mol. The summed E-state index contributed by atoms with van der Waals surface area (Å²) in [6.07, 6.45) is 4.49. The van der Waals surface area contributed by atoms with Gasteiger partial charge in [-0.1, -0.05) is 17.9 Å². The van der Waals surface area contributed by atoms with Gasteiger partial charge in [0, 0.05) is 85.3 Å². The molecule has 4 aliphatic rings. The Morgan fingerprint density at radius 2 is 1.87 bits per heavy atom. The Bertz CT molecular complexity index is 2160. The minimum Gasteiger partial charge on any atom is -0.369 e. The largest absolute Gasteiger partial charge is 0.369 e. The molecule has 266 valence electrons. The molecule has 4 aliphatic heterocycles.